The van der Waals surface area contributed by atoms with E-state index >= 15 is 0 Å². The fourth-order valence-electron chi connectivity index (χ4n) is 4.35. The monoisotopic (exact) mass is 344 g/mol. The maximum absolute atomic E-state index is 12.7. The van der Waals surface area contributed by atoms with Crippen LogP contribution < -0.4 is 9.47 Å². The van der Waals surface area contributed by atoms with Crippen LogP contribution in [0.1, 0.15) is 44.2 Å². The molecule has 2 atom stereocenters. The van der Waals surface area contributed by atoms with Crippen molar-refractivity contribution in [1.82, 2.24) is 9.80 Å². The molecule has 25 heavy (non-hydrogen) atoms. The molecule has 4 rings (SSSR count). The van der Waals surface area contributed by atoms with Gasteiger partial charge in [-0.1, -0.05) is 13.0 Å². The minimum atomic E-state index is 0.288. The molecule has 0 unspecified atom stereocenters. The Morgan fingerprint density at radius 3 is 2.76 bits per heavy atom. The van der Waals surface area contributed by atoms with Crippen LogP contribution in [-0.2, 0) is 4.79 Å². The van der Waals surface area contributed by atoms with Gasteiger partial charge in [-0.05, 0) is 55.8 Å². The van der Waals surface area contributed by atoms with Gasteiger partial charge in [0.15, 0.2) is 11.5 Å². The molecule has 2 saturated heterocycles. The number of benzene rings is 1. The van der Waals surface area contributed by atoms with Crippen LogP contribution in [0.25, 0.3) is 0 Å². The standard InChI is InChI=1S/C20H28N2O3/c1-15-4-2-9-22(13-15)20(23)14-21-8-3-5-17(21)16-6-7-18-19(12-16)25-11-10-24-18/h6-7,12,15,17H,2-5,8-11,13-14H2,1H3/t15-,17+/m1/s1. The third kappa shape index (κ3) is 3.61. The molecule has 1 aromatic carbocycles. The van der Waals surface area contributed by atoms with Crippen molar-refractivity contribution in [1.29, 1.82) is 0 Å². The quantitative estimate of drug-likeness (QED) is 0.846. The van der Waals surface area contributed by atoms with E-state index in [1.54, 1.807) is 0 Å². The Hall–Kier alpha value is -1.75. The predicted octanol–water partition coefficient (Wildman–Crippen LogP) is 2.85. The van der Waals surface area contributed by atoms with Gasteiger partial charge in [0, 0.05) is 19.1 Å². The molecule has 3 aliphatic heterocycles. The molecular weight excluding hydrogens is 316 g/mol. The zero-order chi connectivity index (χ0) is 17.2. The molecule has 2 fully saturated rings. The van der Waals surface area contributed by atoms with Crippen LogP contribution in [0.3, 0.4) is 0 Å². The summed E-state index contributed by atoms with van der Waals surface area (Å²) in [6, 6.07) is 6.55. The van der Waals surface area contributed by atoms with Gasteiger partial charge in [0.05, 0.1) is 6.54 Å². The van der Waals surface area contributed by atoms with Crippen molar-refractivity contribution >= 4 is 5.91 Å². The third-order valence-electron chi connectivity index (χ3n) is 5.66. The molecule has 1 amide bonds. The molecule has 3 heterocycles. The summed E-state index contributed by atoms with van der Waals surface area (Å²) in [5.74, 6) is 2.59. The first-order valence-electron chi connectivity index (χ1n) is 9.62. The Morgan fingerprint density at radius 2 is 1.92 bits per heavy atom. The van der Waals surface area contributed by atoms with Gasteiger partial charge in [-0.2, -0.15) is 0 Å². The van der Waals surface area contributed by atoms with E-state index in [4.69, 9.17) is 9.47 Å². The Kier molecular flexibility index (Phi) is 4.84. The molecular formula is C20H28N2O3. The van der Waals surface area contributed by atoms with Gasteiger partial charge in [-0.15, -0.1) is 0 Å². The van der Waals surface area contributed by atoms with Crippen LogP contribution in [0.2, 0.25) is 0 Å². The van der Waals surface area contributed by atoms with Crippen LogP contribution in [0, 0.1) is 5.92 Å². The van der Waals surface area contributed by atoms with E-state index in [2.05, 4.69) is 28.9 Å². The molecule has 5 heteroatoms. The summed E-state index contributed by atoms with van der Waals surface area (Å²) in [6.45, 7) is 6.83. The molecule has 136 valence electrons. The number of ether oxygens (including phenoxy) is 2. The lowest BCUT2D eigenvalue weighted by molar-refractivity contribution is -0.134. The first-order valence-corrected chi connectivity index (χ1v) is 9.62. The highest BCUT2D eigenvalue weighted by Crippen LogP contribution is 2.38. The minimum absolute atomic E-state index is 0.288. The van der Waals surface area contributed by atoms with Crippen molar-refractivity contribution in [2.24, 2.45) is 5.92 Å². The average molecular weight is 344 g/mol. The van der Waals surface area contributed by atoms with Crippen LogP contribution in [0.15, 0.2) is 18.2 Å². The molecule has 0 aliphatic carbocycles. The largest absolute Gasteiger partial charge is 0.486 e. The van der Waals surface area contributed by atoms with Gasteiger partial charge >= 0.3 is 0 Å². The van der Waals surface area contributed by atoms with E-state index in [1.165, 1.54) is 12.0 Å². The Morgan fingerprint density at radius 1 is 1.12 bits per heavy atom. The van der Waals surface area contributed by atoms with E-state index in [9.17, 15) is 4.79 Å². The van der Waals surface area contributed by atoms with Gasteiger partial charge in [0.1, 0.15) is 13.2 Å². The highest BCUT2D eigenvalue weighted by atomic mass is 16.6. The molecule has 0 radical (unpaired) electrons. The second kappa shape index (κ2) is 7.24. The summed E-state index contributed by atoms with van der Waals surface area (Å²) in [6.07, 6.45) is 4.62. The maximum Gasteiger partial charge on any atom is 0.236 e. The van der Waals surface area contributed by atoms with Crippen molar-refractivity contribution in [2.75, 3.05) is 39.4 Å². The predicted molar refractivity (Wildman–Crippen MR) is 96.0 cm³/mol. The molecule has 0 saturated carbocycles. The molecule has 0 N–H and O–H groups in total. The number of rotatable bonds is 3. The summed E-state index contributed by atoms with van der Waals surface area (Å²) in [5, 5.41) is 0. The van der Waals surface area contributed by atoms with E-state index < -0.39 is 0 Å². The van der Waals surface area contributed by atoms with Crippen molar-refractivity contribution in [3.05, 3.63) is 23.8 Å². The first-order chi connectivity index (χ1) is 12.2. The fourth-order valence-corrected chi connectivity index (χ4v) is 4.35. The molecule has 0 bridgehead atoms. The number of likely N-dealkylation sites (tertiary alicyclic amines) is 2. The number of hydrogen-bond donors (Lipinski definition) is 0. The van der Waals surface area contributed by atoms with E-state index in [0.717, 1.165) is 50.4 Å². The smallest absolute Gasteiger partial charge is 0.236 e. The van der Waals surface area contributed by atoms with Crippen LogP contribution in [0.4, 0.5) is 0 Å². The molecule has 5 nitrogen and oxygen atoms in total. The minimum Gasteiger partial charge on any atom is -0.486 e. The second-order valence-corrected chi connectivity index (χ2v) is 7.62. The summed E-state index contributed by atoms with van der Waals surface area (Å²) < 4.78 is 11.4. The van der Waals surface area contributed by atoms with Crippen molar-refractivity contribution in [2.45, 2.75) is 38.6 Å². The van der Waals surface area contributed by atoms with Crippen LogP contribution in [0.5, 0.6) is 11.5 Å². The Balaban J connectivity index is 1.44. The lowest BCUT2D eigenvalue weighted by Crippen LogP contribution is -2.44. The second-order valence-electron chi connectivity index (χ2n) is 7.62. The summed E-state index contributed by atoms with van der Waals surface area (Å²) in [5.41, 5.74) is 1.24. The van der Waals surface area contributed by atoms with Crippen molar-refractivity contribution in [3.8, 4) is 11.5 Å². The zero-order valence-corrected chi connectivity index (χ0v) is 15.1. The number of nitrogens with zero attached hydrogens (tertiary/aromatic N) is 2. The maximum atomic E-state index is 12.7. The third-order valence-corrected chi connectivity index (χ3v) is 5.66. The summed E-state index contributed by atoms with van der Waals surface area (Å²) in [7, 11) is 0. The topological polar surface area (TPSA) is 42.0 Å². The van der Waals surface area contributed by atoms with Gasteiger partial charge in [0.2, 0.25) is 5.91 Å². The first kappa shape index (κ1) is 16.7. The number of carbonyl (C=O) groups excluding carboxylic acids is 1. The molecule has 0 spiro atoms. The summed E-state index contributed by atoms with van der Waals surface area (Å²) >= 11 is 0. The highest BCUT2D eigenvalue weighted by Gasteiger charge is 2.31. The summed E-state index contributed by atoms with van der Waals surface area (Å²) in [4.78, 5) is 17.2. The van der Waals surface area contributed by atoms with Crippen molar-refractivity contribution in [3.63, 3.8) is 0 Å². The molecule has 0 aromatic heterocycles. The molecule has 1 aromatic rings. The van der Waals surface area contributed by atoms with E-state index in [-0.39, 0.29) is 5.91 Å². The Labute approximate surface area is 149 Å². The number of piperidine rings is 1. The van der Waals surface area contributed by atoms with Gasteiger partial charge in [-0.3, -0.25) is 9.69 Å². The van der Waals surface area contributed by atoms with Crippen molar-refractivity contribution < 1.29 is 14.3 Å². The number of hydrogen-bond acceptors (Lipinski definition) is 4. The van der Waals surface area contributed by atoms with Gasteiger partial charge < -0.3 is 14.4 Å². The number of amides is 1. The highest BCUT2D eigenvalue weighted by molar-refractivity contribution is 5.78. The lowest BCUT2D eigenvalue weighted by atomic mass is 10.00. The number of fused-ring (bicyclic) bond motifs is 1. The lowest BCUT2D eigenvalue weighted by Gasteiger charge is -2.33. The SMILES string of the molecule is C[C@@H]1CCCN(C(=O)CN2CCC[C@H]2c2ccc3c(c2)OCCO3)C1. The molecule has 3 aliphatic rings. The Bertz CT molecular complexity index is 633. The van der Waals surface area contributed by atoms with Gasteiger partial charge in [0.25, 0.3) is 0 Å². The van der Waals surface area contributed by atoms with E-state index in [1.807, 2.05) is 6.07 Å². The number of carbonyl (C=O) groups is 1. The average Bonchev–Trinajstić information content (AvgIpc) is 3.09. The van der Waals surface area contributed by atoms with Crippen LogP contribution in [-0.4, -0.2) is 55.1 Å². The van der Waals surface area contributed by atoms with E-state index in [0.29, 0.717) is 31.7 Å². The van der Waals surface area contributed by atoms with Crippen LogP contribution >= 0.6 is 0 Å². The fraction of sp³-hybridized carbons (Fsp3) is 0.650. The normalized spacial score (nSPS) is 26.7. The van der Waals surface area contributed by atoms with Gasteiger partial charge in [-0.25, -0.2) is 0 Å². The zero-order valence-electron chi connectivity index (χ0n) is 15.1.